The summed E-state index contributed by atoms with van der Waals surface area (Å²) in [5.74, 6) is 2.66. The van der Waals surface area contributed by atoms with Crippen LogP contribution in [-0.2, 0) is 4.74 Å². The Kier molecular flexibility index (Phi) is 5.55. The molecule has 1 fully saturated rings. The van der Waals surface area contributed by atoms with Crippen LogP contribution in [0.1, 0.15) is 20.3 Å². The second-order valence-electron chi connectivity index (χ2n) is 5.50. The van der Waals surface area contributed by atoms with E-state index in [1.165, 1.54) is 0 Å². The molecule has 118 valence electrons. The molecule has 1 aromatic heterocycles. The lowest BCUT2D eigenvalue weighted by Gasteiger charge is -2.28. The van der Waals surface area contributed by atoms with Gasteiger partial charge in [-0.1, -0.05) is 20.3 Å². The van der Waals surface area contributed by atoms with Gasteiger partial charge in [0.05, 0.1) is 13.2 Å². The molecule has 0 amide bonds. The fourth-order valence-electron chi connectivity index (χ4n) is 2.22. The van der Waals surface area contributed by atoms with Gasteiger partial charge in [0.25, 0.3) is 0 Å². The number of morpholine rings is 1. The molecular formula is C14H26N6O. The first-order chi connectivity index (χ1) is 10.1. The summed E-state index contributed by atoms with van der Waals surface area (Å²) in [6, 6.07) is 0. The Morgan fingerprint density at radius 1 is 1.29 bits per heavy atom. The Bertz CT molecular complexity index is 449. The molecule has 7 heteroatoms. The smallest absolute Gasteiger partial charge is 0.232 e. The van der Waals surface area contributed by atoms with Gasteiger partial charge in [-0.15, -0.1) is 0 Å². The molecule has 0 spiro atoms. The van der Waals surface area contributed by atoms with Crippen LogP contribution in [0.25, 0.3) is 0 Å². The van der Waals surface area contributed by atoms with Crippen LogP contribution in [0.2, 0.25) is 0 Å². The highest BCUT2D eigenvalue weighted by atomic mass is 16.5. The zero-order valence-corrected chi connectivity index (χ0v) is 13.5. The van der Waals surface area contributed by atoms with Crippen molar-refractivity contribution in [2.75, 3.05) is 62.1 Å². The van der Waals surface area contributed by atoms with E-state index in [2.05, 4.69) is 43.9 Å². The molecule has 21 heavy (non-hydrogen) atoms. The zero-order valence-electron chi connectivity index (χ0n) is 13.5. The summed E-state index contributed by atoms with van der Waals surface area (Å²) in [7, 11) is 3.86. The zero-order chi connectivity index (χ0) is 15.2. The number of nitrogens with zero attached hydrogens (tertiary/aromatic N) is 5. The van der Waals surface area contributed by atoms with Crippen LogP contribution in [0.5, 0.6) is 0 Å². The number of nitrogens with one attached hydrogen (secondary N) is 1. The fourth-order valence-corrected chi connectivity index (χ4v) is 2.22. The highest BCUT2D eigenvalue weighted by Gasteiger charge is 2.18. The number of hydrogen-bond donors (Lipinski definition) is 1. The molecule has 7 nitrogen and oxygen atoms in total. The number of rotatable bonds is 6. The van der Waals surface area contributed by atoms with Crippen molar-refractivity contribution in [1.29, 1.82) is 0 Å². The highest BCUT2D eigenvalue weighted by Crippen LogP contribution is 2.18. The van der Waals surface area contributed by atoms with Crippen molar-refractivity contribution in [1.82, 2.24) is 15.0 Å². The summed E-state index contributed by atoms with van der Waals surface area (Å²) in [6.07, 6.45) is 1.14. The summed E-state index contributed by atoms with van der Waals surface area (Å²) in [5.41, 5.74) is 0. The van der Waals surface area contributed by atoms with Crippen LogP contribution in [0.4, 0.5) is 17.8 Å². The summed E-state index contributed by atoms with van der Waals surface area (Å²) in [4.78, 5) is 17.8. The van der Waals surface area contributed by atoms with Crippen molar-refractivity contribution >= 4 is 17.8 Å². The number of ether oxygens (including phenoxy) is 1. The molecule has 1 aromatic rings. The van der Waals surface area contributed by atoms with Crippen molar-refractivity contribution in [3.63, 3.8) is 0 Å². The monoisotopic (exact) mass is 294 g/mol. The van der Waals surface area contributed by atoms with Gasteiger partial charge >= 0.3 is 0 Å². The Hall–Kier alpha value is -1.63. The van der Waals surface area contributed by atoms with Crippen molar-refractivity contribution in [3.8, 4) is 0 Å². The Balaban J connectivity index is 2.20. The van der Waals surface area contributed by atoms with E-state index in [-0.39, 0.29) is 0 Å². The maximum atomic E-state index is 5.38. The summed E-state index contributed by atoms with van der Waals surface area (Å²) < 4.78 is 5.38. The van der Waals surface area contributed by atoms with Crippen LogP contribution >= 0.6 is 0 Å². The molecule has 1 unspecified atom stereocenters. The van der Waals surface area contributed by atoms with Gasteiger partial charge in [0, 0.05) is 33.7 Å². The lowest BCUT2D eigenvalue weighted by molar-refractivity contribution is 0.122. The lowest BCUT2D eigenvalue weighted by Crippen LogP contribution is -2.38. The third-order valence-corrected chi connectivity index (χ3v) is 3.75. The van der Waals surface area contributed by atoms with Gasteiger partial charge in [-0.2, -0.15) is 15.0 Å². The van der Waals surface area contributed by atoms with E-state index in [0.29, 0.717) is 11.9 Å². The summed E-state index contributed by atoms with van der Waals surface area (Å²) >= 11 is 0. The molecule has 0 bridgehead atoms. The van der Waals surface area contributed by atoms with Crippen molar-refractivity contribution in [2.45, 2.75) is 20.3 Å². The molecule has 0 aliphatic carbocycles. The van der Waals surface area contributed by atoms with E-state index in [1.54, 1.807) is 0 Å². The topological polar surface area (TPSA) is 66.4 Å². The average molecular weight is 294 g/mol. The normalized spacial score (nSPS) is 16.7. The first-order valence-corrected chi connectivity index (χ1v) is 7.61. The average Bonchev–Trinajstić information content (AvgIpc) is 2.54. The fraction of sp³-hybridized carbons (Fsp3) is 0.786. The van der Waals surface area contributed by atoms with E-state index in [4.69, 9.17) is 4.74 Å². The van der Waals surface area contributed by atoms with Crippen LogP contribution in [0, 0.1) is 5.92 Å². The van der Waals surface area contributed by atoms with Gasteiger partial charge in [-0.25, -0.2) is 0 Å². The molecule has 1 aliphatic rings. The Morgan fingerprint density at radius 3 is 2.62 bits per heavy atom. The second-order valence-corrected chi connectivity index (χ2v) is 5.50. The second kappa shape index (κ2) is 7.40. The van der Waals surface area contributed by atoms with Crippen LogP contribution in [0.15, 0.2) is 0 Å². The number of aromatic nitrogens is 3. The van der Waals surface area contributed by atoms with Gasteiger partial charge in [0.1, 0.15) is 0 Å². The summed E-state index contributed by atoms with van der Waals surface area (Å²) in [6.45, 7) is 8.45. The summed E-state index contributed by atoms with van der Waals surface area (Å²) in [5, 5.41) is 3.02. The lowest BCUT2D eigenvalue weighted by atomic mass is 10.1. The van der Waals surface area contributed by atoms with E-state index >= 15 is 0 Å². The predicted molar refractivity (Wildman–Crippen MR) is 85.1 cm³/mol. The molecule has 2 rings (SSSR count). The van der Waals surface area contributed by atoms with Gasteiger partial charge in [0.2, 0.25) is 17.8 Å². The third kappa shape index (κ3) is 4.17. The standard InChI is InChI=1S/C14H26N6O/c1-5-11(2)10-19(4)13-16-12(15-3)17-14(18-13)20-6-8-21-9-7-20/h11H,5-10H2,1-4H3,(H,15,16,17,18). The van der Waals surface area contributed by atoms with Crippen LogP contribution < -0.4 is 15.1 Å². The molecule has 0 radical (unpaired) electrons. The molecule has 1 aliphatic heterocycles. The van der Waals surface area contributed by atoms with Crippen molar-refractivity contribution in [3.05, 3.63) is 0 Å². The predicted octanol–water partition coefficient (Wildman–Crippen LogP) is 1.23. The van der Waals surface area contributed by atoms with Gasteiger partial charge in [-0.3, -0.25) is 0 Å². The Labute approximate surface area is 126 Å². The van der Waals surface area contributed by atoms with Crippen LogP contribution in [0.3, 0.4) is 0 Å². The minimum absolute atomic E-state index is 0.608. The molecule has 0 aromatic carbocycles. The van der Waals surface area contributed by atoms with Gasteiger partial charge < -0.3 is 19.9 Å². The molecule has 2 heterocycles. The first kappa shape index (κ1) is 15.8. The largest absolute Gasteiger partial charge is 0.378 e. The van der Waals surface area contributed by atoms with Gasteiger partial charge in [0.15, 0.2) is 0 Å². The minimum atomic E-state index is 0.608. The maximum absolute atomic E-state index is 5.38. The van der Waals surface area contributed by atoms with E-state index < -0.39 is 0 Å². The molecule has 1 N–H and O–H groups in total. The molecule has 1 atom stereocenters. The van der Waals surface area contributed by atoms with Gasteiger partial charge in [-0.05, 0) is 5.92 Å². The molecule has 1 saturated heterocycles. The van der Waals surface area contributed by atoms with E-state index in [9.17, 15) is 0 Å². The van der Waals surface area contributed by atoms with E-state index in [0.717, 1.165) is 51.2 Å². The highest BCUT2D eigenvalue weighted by molar-refractivity contribution is 5.44. The first-order valence-electron chi connectivity index (χ1n) is 7.61. The Morgan fingerprint density at radius 2 is 2.00 bits per heavy atom. The quantitative estimate of drug-likeness (QED) is 0.846. The number of hydrogen-bond acceptors (Lipinski definition) is 7. The maximum Gasteiger partial charge on any atom is 0.232 e. The van der Waals surface area contributed by atoms with Crippen molar-refractivity contribution < 1.29 is 4.74 Å². The van der Waals surface area contributed by atoms with E-state index in [1.807, 2.05) is 14.1 Å². The minimum Gasteiger partial charge on any atom is -0.378 e. The van der Waals surface area contributed by atoms with Crippen molar-refractivity contribution in [2.24, 2.45) is 5.92 Å². The van der Waals surface area contributed by atoms with Crippen LogP contribution in [-0.4, -0.2) is 61.9 Å². The SMILES string of the molecule is CCC(C)CN(C)c1nc(NC)nc(N2CCOCC2)n1. The molecular weight excluding hydrogens is 268 g/mol. The third-order valence-electron chi connectivity index (χ3n) is 3.75. The molecule has 0 saturated carbocycles. The number of anilines is 3.